The van der Waals surface area contributed by atoms with E-state index in [0.717, 1.165) is 11.6 Å². The predicted octanol–water partition coefficient (Wildman–Crippen LogP) is 4.06. The Hall–Kier alpha value is -3.15. The number of amides is 2. The monoisotopic (exact) mass is 434 g/mol. The molecule has 2 aromatic rings. The van der Waals surface area contributed by atoms with Crippen LogP contribution < -0.4 is 10.2 Å². The average molecular weight is 435 g/mol. The SMILES string of the molecule is CC(NC(=O)COC(=O)c1ccccc1C(=O)N(C)c1ccccc1)C1CC2CCC1C2. The van der Waals surface area contributed by atoms with Crippen molar-refractivity contribution in [1.29, 1.82) is 0 Å². The van der Waals surface area contributed by atoms with Crippen LogP contribution in [0.5, 0.6) is 0 Å². The van der Waals surface area contributed by atoms with Crippen LogP contribution in [0.2, 0.25) is 0 Å². The molecule has 2 amide bonds. The fraction of sp³-hybridized carbons (Fsp3) is 0.423. The molecule has 0 radical (unpaired) electrons. The molecule has 2 fully saturated rings. The maximum absolute atomic E-state index is 13.0. The van der Waals surface area contributed by atoms with Gasteiger partial charge in [-0.05, 0) is 68.2 Å². The minimum absolute atomic E-state index is 0.0740. The third-order valence-corrected chi connectivity index (χ3v) is 6.98. The molecule has 4 rings (SSSR count). The highest BCUT2D eigenvalue weighted by Gasteiger charge is 2.42. The van der Waals surface area contributed by atoms with E-state index in [2.05, 4.69) is 5.32 Å². The molecule has 2 aliphatic carbocycles. The Balaban J connectivity index is 1.35. The molecule has 2 saturated carbocycles. The number of carbonyl (C=O) groups is 3. The van der Waals surface area contributed by atoms with Gasteiger partial charge in [-0.2, -0.15) is 0 Å². The van der Waals surface area contributed by atoms with Crippen molar-refractivity contribution in [2.24, 2.45) is 17.8 Å². The second-order valence-electron chi connectivity index (χ2n) is 9.02. The van der Waals surface area contributed by atoms with Gasteiger partial charge in [0.05, 0.1) is 11.1 Å². The van der Waals surface area contributed by atoms with Crippen LogP contribution in [0.4, 0.5) is 5.69 Å². The second kappa shape index (κ2) is 9.55. The summed E-state index contributed by atoms with van der Waals surface area (Å²) >= 11 is 0. The maximum Gasteiger partial charge on any atom is 0.339 e. The Morgan fingerprint density at radius 3 is 2.34 bits per heavy atom. The lowest BCUT2D eigenvalue weighted by atomic mass is 9.84. The number of nitrogens with one attached hydrogen (secondary N) is 1. The lowest BCUT2D eigenvalue weighted by Crippen LogP contribution is -2.42. The molecular formula is C26H30N2O4. The molecule has 4 atom stereocenters. The first-order valence-electron chi connectivity index (χ1n) is 11.3. The van der Waals surface area contributed by atoms with Crippen LogP contribution in [0.25, 0.3) is 0 Å². The Bertz CT molecular complexity index is 990. The summed E-state index contributed by atoms with van der Waals surface area (Å²) in [7, 11) is 1.66. The molecule has 0 aliphatic heterocycles. The topological polar surface area (TPSA) is 75.7 Å². The summed E-state index contributed by atoms with van der Waals surface area (Å²) in [5.74, 6) is 0.720. The van der Waals surface area contributed by atoms with Crippen molar-refractivity contribution in [2.45, 2.75) is 38.6 Å². The molecule has 32 heavy (non-hydrogen) atoms. The van der Waals surface area contributed by atoms with E-state index < -0.39 is 5.97 Å². The average Bonchev–Trinajstić information content (AvgIpc) is 3.46. The van der Waals surface area contributed by atoms with Crippen LogP contribution in [0.15, 0.2) is 54.6 Å². The highest BCUT2D eigenvalue weighted by Crippen LogP contribution is 2.49. The largest absolute Gasteiger partial charge is 0.452 e. The van der Waals surface area contributed by atoms with Crippen LogP contribution >= 0.6 is 0 Å². The van der Waals surface area contributed by atoms with Crippen LogP contribution in [0.3, 0.4) is 0 Å². The van der Waals surface area contributed by atoms with Gasteiger partial charge in [-0.3, -0.25) is 9.59 Å². The number of ether oxygens (including phenoxy) is 1. The number of carbonyl (C=O) groups excluding carboxylic acids is 3. The van der Waals surface area contributed by atoms with Crippen molar-refractivity contribution in [3.63, 3.8) is 0 Å². The fourth-order valence-electron chi connectivity index (χ4n) is 5.31. The van der Waals surface area contributed by atoms with E-state index in [0.29, 0.717) is 11.8 Å². The Morgan fingerprint density at radius 1 is 1.00 bits per heavy atom. The first-order valence-corrected chi connectivity index (χ1v) is 11.3. The second-order valence-corrected chi connectivity index (χ2v) is 9.02. The summed E-state index contributed by atoms with van der Waals surface area (Å²) in [4.78, 5) is 39.6. The van der Waals surface area contributed by atoms with Crippen molar-refractivity contribution in [3.8, 4) is 0 Å². The number of fused-ring (bicyclic) bond motifs is 2. The van der Waals surface area contributed by atoms with Crippen molar-refractivity contribution < 1.29 is 19.1 Å². The predicted molar refractivity (Wildman–Crippen MR) is 122 cm³/mol. The molecule has 0 aromatic heterocycles. The minimum Gasteiger partial charge on any atom is -0.452 e. The van der Waals surface area contributed by atoms with E-state index in [9.17, 15) is 14.4 Å². The first-order chi connectivity index (χ1) is 15.4. The smallest absolute Gasteiger partial charge is 0.339 e. The van der Waals surface area contributed by atoms with Gasteiger partial charge >= 0.3 is 5.97 Å². The Kier molecular flexibility index (Phi) is 6.58. The Labute approximate surface area is 188 Å². The summed E-state index contributed by atoms with van der Waals surface area (Å²) < 4.78 is 5.27. The van der Waals surface area contributed by atoms with Gasteiger partial charge in [0, 0.05) is 18.8 Å². The number of para-hydroxylation sites is 1. The maximum atomic E-state index is 13.0. The third kappa shape index (κ3) is 4.69. The molecule has 0 saturated heterocycles. The van der Waals surface area contributed by atoms with Gasteiger partial charge in [-0.1, -0.05) is 36.8 Å². The summed E-state index contributed by atoms with van der Waals surface area (Å²) in [5.41, 5.74) is 1.10. The number of hydrogen-bond acceptors (Lipinski definition) is 4. The number of nitrogens with zero attached hydrogens (tertiary/aromatic N) is 1. The van der Waals surface area contributed by atoms with E-state index in [4.69, 9.17) is 4.74 Å². The highest BCUT2D eigenvalue weighted by atomic mass is 16.5. The fourth-order valence-corrected chi connectivity index (χ4v) is 5.31. The normalized spacial score (nSPS) is 22.2. The molecule has 4 unspecified atom stereocenters. The third-order valence-electron chi connectivity index (χ3n) is 6.98. The van der Waals surface area contributed by atoms with Crippen molar-refractivity contribution in [2.75, 3.05) is 18.6 Å². The number of anilines is 1. The number of benzene rings is 2. The van der Waals surface area contributed by atoms with Gasteiger partial charge in [0.1, 0.15) is 0 Å². The van der Waals surface area contributed by atoms with Gasteiger partial charge in [0.2, 0.25) is 0 Å². The van der Waals surface area contributed by atoms with Gasteiger partial charge in [-0.25, -0.2) is 4.79 Å². The van der Waals surface area contributed by atoms with Crippen molar-refractivity contribution in [3.05, 3.63) is 65.7 Å². The van der Waals surface area contributed by atoms with Crippen molar-refractivity contribution >= 4 is 23.5 Å². The summed E-state index contributed by atoms with van der Waals surface area (Å²) in [6.45, 7) is 1.68. The van der Waals surface area contributed by atoms with Gasteiger partial charge < -0.3 is 15.0 Å². The first kappa shape index (κ1) is 22.1. The van der Waals surface area contributed by atoms with E-state index in [1.165, 1.54) is 30.6 Å². The molecule has 1 N–H and O–H groups in total. The zero-order chi connectivity index (χ0) is 22.7. The van der Waals surface area contributed by atoms with E-state index in [1.54, 1.807) is 31.3 Å². The molecule has 2 aromatic carbocycles. The molecule has 168 valence electrons. The number of esters is 1. The standard InChI is InChI=1S/C26H30N2O4/c1-17(23-15-18-12-13-19(23)14-18)27-24(29)16-32-26(31)22-11-7-6-10-21(22)25(30)28(2)20-8-4-3-5-9-20/h3-11,17-19,23H,12-16H2,1-2H3,(H,27,29). The van der Waals surface area contributed by atoms with Crippen molar-refractivity contribution in [1.82, 2.24) is 5.32 Å². The summed E-state index contributed by atoms with van der Waals surface area (Å²) in [6.07, 6.45) is 5.03. The van der Waals surface area contributed by atoms with Gasteiger partial charge in [-0.15, -0.1) is 0 Å². The zero-order valence-electron chi connectivity index (χ0n) is 18.6. The number of hydrogen-bond donors (Lipinski definition) is 1. The molecule has 0 spiro atoms. The van der Waals surface area contributed by atoms with E-state index in [-0.39, 0.29) is 35.6 Å². The molecule has 0 heterocycles. The van der Waals surface area contributed by atoms with Gasteiger partial charge in [0.15, 0.2) is 6.61 Å². The highest BCUT2D eigenvalue weighted by molar-refractivity contribution is 6.12. The molecular weight excluding hydrogens is 404 g/mol. The van der Waals surface area contributed by atoms with Crippen LogP contribution in [-0.2, 0) is 9.53 Å². The Morgan fingerprint density at radius 2 is 1.69 bits per heavy atom. The lowest BCUT2D eigenvalue weighted by Gasteiger charge is -2.28. The number of rotatable bonds is 7. The zero-order valence-corrected chi connectivity index (χ0v) is 18.6. The van der Waals surface area contributed by atoms with Crippen LogP contribution in [-0.4, -0.2) is 37.5 Å². The van der Waals surface area contributed by atoms with Crippen LogP contribution in [0, 0.1) is 17.8 Å². The summed E-state index contributed by atoms with van der Waals surface area (Å²) in [6, 6.07) is 15.8. The van der Waals surface area contributed by atoms with Gasteiger partial charge in [0.25, 0.3) is 11.8 Å². The van der Waals surface area contributed by atoms with E-state index in [1.807, 2.05) is 37.3 Å². The molecule has 6 nitrogen and oxygen atoms in total. The quantitative estimate of drug-likeness (QED) is 0.667. The minimum atomic E-state index is -0.682. The summed E-state index contributed by atoms with van der Waals surface area (Å²) in [5, 5.41) is 3.00. The van der Waals surface area contributed by atoms with Crippen LogP contribution in [0.1, 0.15) is 53.3 Å². The lowest BCUT2D eigenvalue weighted by molar-refractivity contribution is -0.125. The molecule has 6 heteroatoms. The molecule has 2 aliphatic rings. The van der Waals surface area contributed by atoms with E-state index >= 15 is 0 Å². The molecule has 2 bridgehead atoms.